The molecule has 0 unspecified atom stereocenters. The van der Waals surface area contributed by atoms with Gasteiger partial charge >= 0.3 is 0 Å². The molecule has 0 fully saturated rings. The van der Waals surface area contributed by atoms with Crippen molar-refractivity contribution in [1.29, 1.82) is 0 Å². The number of rotatable bonds is 12. The van der Waals surface area contributed by atoms with E-state index in [1.54, 1.807) is 0 Å². The van der Waals surface area contributed by atoms with Gasteiger partial charge in [-0.3, -0.25) is 0 Å². The number of hydrogen-bond acceptors (Lipinski definition) is 4. The van der Waals surface area contributed by atoms with E-state index in [2.05, 4.69) is 320 Å². The second-order valence-corrected chi connectivity index (χ2v) is 30.1. The fraction of sp³-hybridized carbons (Fsp3) is 0.133. The number of benzene rings is 13. The van der Waals surface area contributed by atoms with Gasteiger partial charge in [0.1, 0.15) is 0 Å². The number of hydrogen-bond donors (Lipinski definition) is 0. The van der Waals surface area contributed by atoms with Gasteiger partial charge in [0.2, 0.25) is 0 Å². The molecule has 97 heavy (non-hydrogen) atoms. The van der Waals surface area contributed by atoms with Gasteiger partial charge in [-0.1, -0.05) is 217 Å². The molecule has 0 radical (unpaired) electrons. The molecular weight excluding hydrogens is 1210 g/mol. The van der Waals surface area contributed by atoms with Gasteiger partial charge in [-0.15, -0.1) is 22.7 Å². The van der Waals surface area contributed by atoms with E-state index in [1.807, 2.05) is 22.7 Å². The fourth-order valence-electron chi connectivity index (χ4n) is 16.6. The van der Waals surface area contributed by atoms with Crippen LogP contribution in [0.2, 0.25) is 0 Å². The summed E-state index contributed by atoms with van der Waals surface area (Å²) in [6.07, 6.45) is 6.29. The number of para-hydroxylation sites is 2. The molecule has 13 aromatic carbocycles. The molecule has 2 aliphatic rings. The van der Waals surface area contributed by atoms with Gasteiger partial charge in [0.05, 0.1) is 33.4 Å². The van der Waals surface area contributed by atoms with Crippen molar-refractivity contribution in [3.8, 4) is 33.6 Å². The summed E-state index contributed by atoms with van der Waals surface area (Å²) in [5.41, 5.74) is 27.3. The minimum absolute atomic E-state index is 0.128. The van der Waals surface area contributed by atoms with E-state index in [4.69, 9.17) is 0 Å². The Balaban J connectivity index is 0.926. The Bertz CT molecular complexity index is 5700. The summed E-state index contributed by atoms with van der Waals surface area (Å²) in [4.78, 5) is 5.51. The van der Waals surface area contributed by atoms with E-state index in [9.17, 15) is 0 Å². The van der Waals surface area contributed by atoms with Gasteiger partial charge in [-0.05, 0) is 183 Å². The molecule has 7 heteroatoms. The largest absolute Gasteiger partial charge is 0.311 e. The van der Waals surface area contributed by atoms with Crippen LogP contribution in [-0.2, 0) is 18.3 Å². The van der Waals surface area contributed by atoms with E-state index < -0.39 is 0 Å². The highest BCUT2D eigenvalue weighted by Gasteiger charge is 2.46. The van der Waals surface area contributed by atoms with Crippen molar-refractivity contribution < 1.29 is 0 Å². The quantitative estimate of drug-likeness (QED) is 0.113. The molecule has 4 aromatic heterocycles. The highest BCUT2D eigenvalue weighted by Crippen LogP contribution is 2.53. The smallest absolute Gasteiger partial charge is 0.252 e. The van der Waals surface area contributed by atoms with Crippen molar-refractivity contribution in [2.24, 2.45) is 0 Å². The van der Waals surface area contributed by atoms with Crippen LogP contribution < -0.4 is 26.2 Å². The Morgan fingerprint density at radius 1 is 0.330 bits per heavy atom. The summed E-state index contributed by atoms with van der Waals surface area (Å²) in [5.74, 6) is 0. The van der Waals surface area contributed by atoms with Crippen molar-refractivity contribution in [2.45, 2.75) is 78.6 Å². The zero-order valence-electron chi connectivity index (χ0n) is 55.3. The predicted octanol–water partition coefficient (Wildman–Crippen LogP) is 24.0. The maximum absolute atomic E-state index is 2.76. The normalized spacial score (nSPS) is 13.0. The van der Waals surface area contributed by atoms with Gasteiger partial charge in [-0.2, -0.15) is 0 Å². The first-order valence-electron chi connectivity index (χ1n) is 34.8. The molecule has 0 aliphatic carbocycles. The van der Waals surface area contributed by atoms with Crippen LogP contribution in [0.25, 0.3) is 118 Å². The number of aryl methyl sites for hydroxylation is 2. The van der Waals surface area contributed by atoms with Crippen LogP contribution in [0.1, 0.15) is 77.0 Å². The third-order valence-corrected chi connectivity index (χ3v) is 23.8. The highest BCUT2D eigenvalue weighted by atomic mass is 32.1. The zero-order valence-corrected chi connectivity index (χ0v) is 57.0. The zero-order chi connectivity index (χ0) is 64.8. The molecule has 0 spiro atoms. The van der Waals surface area contributed by atoms with Crippen molar-refractivity contribution in [3.05, 3.63) is 284 Å². The third kappa shape index (κ3) is 9.01. The monoisotopic (exact) mass is 1280 g/mol. The number of aromatic nitrogens is 2. The molecule has 2 aliphatic heterocycles. The molecule has 17 aromatic rings. The average Bonchev–Trinajstić information content (AvgIpc) is 1.19. The minimum Gasteiger partial charge on any atom is -0.311 e. The number of unbranched alkanes of at least 4 members (excludes halogenated alkanes) is 2. The maximum Gasteiger partial charge on any atom is 0.252 e. The molecule has 0 bridgehead atoms. The fourth-order valence-corrected chi connectivity index (χ4v) is 19.1. The molecule has 0 N–H and O–H groups in total. The van der Waals surface area contributed by atoms with Crippen molar-refractivity contribution >= 4 is 164 Å². The molecule has 19 rings (SSSR count). The Kier molecular flexibility index (Phi) is 13.5. The van der Waals surface area contributed by atoms with E-state index in [-0.39, 0.29) is 12.1 Å². The first-order valence-corrected chi connectivity index (χ1v) is 36.4. The van der Waals surface area contributed by atoms with Crippen molar-refractivity contribution in [2.75, 3.05) is 9.80 Å². The second-order valence-electron chi connectivity index (χ2n) is 28.0. The molecule has 0 atom stereocenters. The van der Waals surface area contributed by atoms with Gasteiger partial charge in [-0.25, -0.2) is 0 Å². The van der Waals surface area contributed by atoms with Crippen LogP contribution in [0.15, 0.2) is 267 Å². The van der Waals surface area contributed by atoms with Gasteiger partial charge < -0.3 is 18.9 Å². The van der Waals surface area contributed by atoms with Crippen molar-refractivity contribution in [1.82, 2.24) is 9.13 Å². The van der Waals surface area contributed by atoms with Gasteiger partial charge in [0.25, 0.3) is 6.71 Å². The topological polar surface area (TPSA) is 16.3 Å². The lowest BCUT2D eigenvalue weighted by Gasteiger charge is -2.46. The summed E-state index contributed by atoms with van der Waals surface area (Å²) < 4.78 is 10.5. The molecule has 0 saturated heterocycles. The molecule has 0 saturated carbocycles. The molecular formula is C90H71BN4S2. The van der Waals surface area contributed by atoms with Crippen molar-refractivity contribution in [3.63, 3.8) is 0 Å². The summed E-state index contributed by atoms with van der Waals surface area (Å²) in [5, 5.41) is 10.3. The molecule has 4 nitrogen and oxygen atoms in total. The SMILES string of the molecule is CCCCc1c(N2c3cc(-n4c5ccccc5c5cc(-c6ccccc6)ccc54)ccc3B3c4ccc(-n5c6ccccc6c6cc(-c7ccccc7)ccc65)cc4N(c4ccc5c(sc6ccccc65)c4CCCC)c4cc(C(C)(C)C)cc2c43)ccc2c1sc1ccccc12. The van der Waals surface area contributed by atoms with E-state index >= 15 is 0 Å². The first kappa shape index (κ1) is 58.0. The van der Waals surface area contributed by atoms with Crippen LogP contribution in [0.3, 0.4) is 0 Å². The highest BCUT2D eigenvalue weighted by molar-refractivity contribution is 7.26. The third-order valence-electron chi connectivity index (χ3n) is 21.3. The lowest BCUT2D eigenvalue weighted by molar-refractivity contribution is 0.590. The Hall–Kier alpha value is -10.4. The molecule has 466 valence electrons. The second kappa shape index (κ2) is 22.6. The van der Waals surface area contributed by atoms with Crippen LogP contribution in [0.4, 0.5) is 34.1 Å². The van der Waals surface area contributed by atoms with Gasteiger partial charge in [0.15, 0.2) is 0 Å². The van der Waals surface area contributed by atoms with Crippen LogP contribution >= 0.6 is 22.7 Å². The number of fused-ring (bicyclic) bond motifs is 16. The Morgan fingerprint density at radius 2 is 0.742 bits per heavy atom. The minimum atomic E-state index is -0.229. The first-order chi connectivity index (χ1) is 47.7. The number of nitrogens with zero attached hydrogens (tertiary/aromatic N) is 4. The lowest BCUT2D eigenvalue weighted by Crippen LogP contribution is -2.61. The summed E-state index contributed by atoms with van der Waals surface area (Å²) in [7, 11) is 0. The average molecular weight is 1280 g/mol. The van der Waals surface area contributed by atoms with E-state index in [0.29, 0.717) is 0 Å². The molecule has 6 heterocycles. The summed E-state index contributed by atoms with van der Waals surface area (Å²) >= 11 is 3.94. The van der Waals surface area contributed by atoms with Crippen LogP contribution in [0.5, 0.6) is 0 Å². The lowest BCUT2D eigenvalue weighted by atomic mass is 9.33. The Morgan fingerprint density at radius 3 is 1.19 bits per heavy atom. The van der Waals surface area contributed by atoms with Gasteiger partial charge in [0, 0.05) is 96.0 Å². The van der Waals surface area contributed by atoms with E-state index in [0.717, 1.165) is 49.9 Å². The number of anilines is 6. The molecule has 0 amide bonds. The standard InChI is InChI=1S/C90H71BN4S2/c1-6-8-28-69-77(48-42-67-65-32-18-22-36-85(65)96-88(67)69)94-81-54-61(92-75-34-20-16-30-63(75)71-50-58(38-46-79(71)92)56-24-12-10-13-25-56)40-44-73(81)91-74-45-41-62(93-76-35-21-17-31-64(76)72-51-59(39-47-80(72)93)57-26-14-11-15-27-57)55-82(74)95(84-53-60(90(3,4)5)52-83(94)87(84)91)78-49-43-68-66-33-19-23-37-86(66)97-89(68)70(78)29-9-7-2/h10-27,30-55H,6-9,28-29H2,1-5H3. The van der Waals surface area contributed by atoms with Crippen LogP contribution in [-0.4, -0.2) is 15.8 Å². The predicted molar refractivity (Wildman–Crippen MR) is 422 cm³/mol. The maximum atomic E-state index is 2.76. The Labute approximate surface area is 574 Å². The summed E-state index contributed by atoms with van der Waals surface area (Å²) in [6.45, 7) is 11.8. The van der Waals surface area contributed by atoms with Crippen LogP contribution in [0, 0.1) is 0 Å². The number of thiophene rings is 2. The van der Waals surface area contributed by atoms with E-state index in [1.165, 1.54) is 173 Å². The summed E-state index contributed by atoms with van der Waals surface area (Å²) in [6, 6.07) is 102.